The van der Waals surface area contributed by atoms with Gasteiger partial charge in [0.2, 0.25) is 11.8 Å². The van der Waals surface area contributed by atoms with Crippen LogP contribution in [0.5, 0.6) is 0 Å². The van der Waals surface area contributed by atoms with Crippen LogP contribution < -0.4 is 5.32 Å². The summed E-state index contributed by atoms with van der Waals surface area (Å²) in [5, 5.41) is 12.1. The van der Waals surface area contributed by atoms with Crippen LogP contribution in [0.1, 0.15) is 65.7 Å². The molecule has 0 bridgehead atoms. The zero-order valence-electron chi connectivity index (χ0n) is 17.4. The van der Waals surface area contributed by atoms with E-state index in [1.165, 1.54) is 12.0 Å². The maximum atomic E-state index is 13.0. The van der Waals surface area contributed by atoms with E-state index in [4.69, 9.17) is 4.74 Å². The predicted octanol–water partition coefficient (Wildman–Crippen LogP) is 1.96. The third-order valence-corrected chi connectivity index (χ3v) is 5.22. The third kappa shape index (κ3) is 6.80. The van der Waals surface area contributed by atoms with Crippen LogP contribution in [0.4, 0.5) is 0 Å². The Morgan fingerprint density at radius 3 is 2.43 bits per heavy atom. The molecule has 0 saturated carbocycles. The Hall–Kier alpha value is -2.12. The zero-order valence-corrected chi connectivity index (χ0v) is 17.4. The Bertz CT molecular complexity index is 563. The number of esters is 1. The molecule has 1 saturated heterocycles. The molecule has 8 heteroatoms. The number of nitrogens with one attached hydrogen (secondary N) is 1. The molecule has 160 valence electrons. The van der Waals surface area contributed by atoms with Gasteiger partial charge in [-0.1, -0.05) is 40.0 Å². The number of carbonyl (C=O) groups is 4. The van der Waals surface area contributed by atoms with Gasteiger partial charge < -0.3 is 20.1 Å². The van der Waals surface area contributed by atoms with Gasteiger partial charge >= 0.3 is 11.9 Å². The lowest BCUT2D eigenvalue weighted by molar-refractivity contribution is -0.150. The molecule has 8 nitrogen and oxygen atoms in total. The molecule has 2 amide bonds. The number of unbranched alkanes of at least 4 members (excludes halogenated alkanes) is 2. The first kappa shape index (κ1) is 23.9. The van der Waals surface area contributed by atoms with Crippen molar-refractivity contribution >= 4 is 23.8 Å². The van der Waals surface area contributed by atoms with Gasteiger partial charge in [0.25, 0.3) is 0 Å². The average molecular weight is 399 g/mol. The molecule has 1 rings (SSSR count). The first-order valence-corrected chi connectivity index (χ1v) is 10.1. The van der Waals surface area contributed by atoms with Crippen LogP contribution in [0.25, 0.3) is 0 Å². The molecular formula is C20H34N2O6. The van der Waals surface area contributed by atoms with Crippen LogP contribution in [-0.4, -0.2) is 59.5 Å². The van der Waals surface area contributed by atoms with Gasteiger partial charge in [0.05, 0.1) is 13.5 Å². The minimum absolute atomic E-state index is 0.0352. The molecule has 1 aliphatic heterocycles. The Kier molecular flexibility index (Phi) is 9.96. The smallest absolute Gasteiger partial charge is 0.326 e. The number of rotatable bonds is 11. The van der Waals surface area contributed by atoms with Crippen LogP contribution in [0, 0.1) is 11.8 Å². The van der Waals surface area contributed by atoms with E-state index in [-0.39, 0.29) is 24.2 Å². The number of carboxylic acids is 1. The van der Waals surface area contributed by atoms with Crippen molar-refractivity contribution in [1.82, 2.24) is 10.2 Å². The van der Waals surface area contributed by atoms with Gasteiger partial charge in [0.1, 0.15) is 12.1 Å². The lowest BCUT2D eigenvalue weighted by atomic mass is 9.95. The van der Waals surface area contributed by atoms with Crippen LogP contribution in [0.3, 0.4) is 0 Å². The summed E-state index contributed by atoms with van der Waals surface area (Å²) >= 11 is 0. The zero-order chi connectivity index (χ0) is 21.3. The molecule has 0 radical (unpaired) electrons. The highest BCUT2D eigenvalue weighted by Gasteiger charge is 2.39. The topological polar surface area (TPSA) is 113 Å². The van der Waals surface area contributed by atoms with Gasteiger partial charge in [-0.2, -0.15) is 0 Å². The second-order valence-electron chi connectivity index (χ2n) is 7.73. The minimum atomic E-state index is -1.03. The number of carboxylic acid groups (broad SMARTS) is 1. The molecule has 0 aromatic rings. The van der Waals surface area contributed by atoms with Crippen molar-refractivity contribution in [2.24, 2.45) is 11.8 Å². The van der Waals surface area contributed by atoms with E-state index in [1.807, 2.05) is 0 Å². The summed E-state index contributed by atoms with van der Waals surface area (Å²) in [5.74, 6) is -3.00. The molecule has 1 unspecified atom stereocenters. The molecule has 3 atom stereocenters. The summed E-state index contributed by atoms with van der Waals surface area (Å²) in [4.78, 5) is 50.2. The highest BCUT2D eigenvalue weighted by Crippen LogP contribution is 2.21. The SMILES string of the molecule is CCCCCC(CC(=O)OC)C(=O)N[C@@H](C(=O)N1CCC[C@H]1C(=O)O)C(C)C. The summed E-state index contributed by atoms with van der Waals surface area (Å²) in [5.41, 5.74) is 0. The van der Waals surface area contributed by atoms with Gasteiger partial charge in [-0.3, -0.25) is 14.4 Å². The first-order chi connectivity index (χ1) is 13.2. The van der Waals surface area contributed by atoms with Gasteiger partial charge in [-0.25, -0.2) is 4.79 Å². The molecule has 0 aromatic heterocycles. The standard InChI is InChI=1S/C20H34N2O6/c1-5-6-7-9-14(12-16(23)28-4)18(24)21-17(13(2)3)19(25)22-11-8-10-15(22)20(26)27/h13-15,17H,5-12H2,1-4H3,(H,21,24)(H,26,27)/t14?,15-,17+/m0/s1. The van der Waals surface area contributed by atoms with Crippen LogP contribution in [-0.2, 0) is 23.9 Å². The van der Waals surface area contributed by atoms with E-state index in [2.05, 4.69) is 12.2 Å². The van der Waals surface area contributed by atoms with Crippen molar-refractivity contribution in [3.8, 4) is 0 Å². The van der Waals surface area contributed by atoms with Crippen LogP contribution in [0.2, 0.25) is 0 Å². The summed E-state index contributed by atoms with van der Waals surface area (Å²) in [7, 11) is 1.28. The van der Waals surface area contributed by atoms with E-state index in [0.29, 0.717) is 25.8 Å². The molecular weight excluding hydrogens is 364 g/mol. The number of carbonyl (C=O) groups excluding carboxylic acids is 3. The molecule has 0 spiro atoms. The summed E-state index contributed by atoms with van der Waals surface area (Å²) in [6, 6.07) is -1.67. The fraction of sp³-hybridized carbons (Fsp3) is 0.800. The molecule has 0 aromatic carbocycles. The summed E-state index contributed by atoms with van der Waals surface area (Å²) in [6.07, 6.45) is 4.29. The van der Waals surface area contributed by atoms with Crippen molar-refractivity contribution in [2.45, 2.75) is 77.8 Å². The number of likely N-dealkylation sites (tertiary alicyclic amines) is 1. The lowest BCUT2D eigenvalue weighted by Crippen LogP contribution is -2.54. The van der Waals surface area contributed by atoms with E-state index in [0.717, 1.165) is 19.3 Å². The second kappa shape index (κ2) is 11.7. The molecule has 2 N–H and O–H groups in total. The van der Waals surface area contributed by atoms with E-state index in [9.17, 15) is 24.3 Å². The van der Waals surface area contributed by atoms with Crippen molar-refractivity contribution < 1.29 is 29.0 Å². The monoisotopic (exact) mass is 398 g/mol. The maximum Gasteiger partial charge on any atom is 0.326 e. The van der Waals surface area contributed by atoms with E-state index < -0.39 is 29.9 Å². The first-order valence-electron chi connectivity index (χ1n) is 10.1. The molecule has 1 fully saturated rings. The quantitative estimate of drug-likeness (QED) is 0.406. The highest BCUT2D eigenvalue weighted by molar-refractivity contribution is 5.92. The van der Waals surface area contributed by atoms with Gasteiger partial charge in [0.15, 0.2) is 0 Å². The number of amides is 2. The number of nitrogens with zero attached hydrogens (tertiary/aromatic N) is 1. The second-order valence-corrected chi connectivity index (χ2v) is 7.73. The van der Waals surface area contributed by atoms with Crippen molar-refractivity contribution in [1.29, 1.82) is 0 Å². The Morgan fingerprint density at radius 2 is 1.89 bits per heavy atom. The van der Waals surface area contributed by atoms with Crippen molar-refractivity contribution in [3.63, 3.8) is 0 Å². The summed E-state index contributed by atoms with van der Waals surface area (Å²) in [6.45, 7) is 6.04. The number of methoxy groups -OCH3 is 1. The molecule has 1 aliphatic rings. The van der Waals surface area contributed by atoms with Gasteiger partial charge in [-0.15, -0.1) is 0 Å². The molecule has 0 aliphatic carbocycles. The number of aliphatic carboxylic acids is 1. The normalized spacial score (nSPS) is 18.6. The fourth-order valence-electron chi connectivity index (χ4n) is 3.50. The van der Waals surface area contributed by atoms with Crippen molar-refractivity contribution in [2.75, 3.05) is 13.7 Å². The lowest BCUT2D eigenvalue weighted by Gasteiger charge is -2.30. The van der Waals surface area contributed by atoms with Crippen molar-refractivity contribution in [3.05, 3.63) is 0 Å². The van der Waals surface area contributed by atoms with Gasteiger partial charge in [0, 0.05) is 12.5 Å². The van der Waals surface area contributed by atoms with E-state index in [1.54, 1.807) is 13.8 Å². The number of hydrogen-bond acceptors (Lipinski definition) is 5. The van der Waals surface area contributed by atoms with Gasteiger partial charge in [-0.05, 0) is 25.2 Å². The number of hydrogen-bond donors (Lipinski definition) is 2. The van der Waals surface area contributed by atoms with Crippen LogP contribution in [0.15, 0.2) is 0 Å². The highest BCUT2D eigenvalue weighted by atomic mass is 16.5. The maximum absolute atomic E-state index is 13.0. The molecule has 28 heavy (non-hydrogen) atoms. The predicted molar refractivity (Wildman–Crippen MR) is 103 cm³/mol. The molecule has 1 heterocycles. The summed E-state index contributed by atoms with van der Waals surface area (Å²) < 4.78 is 4.70. The minimum Gasteiger partial charge on any atom is -0.480 e. The fourth-order valence-corrected chi connectivity index (χ4v) is 3.50. The average Bonchev–Trinajstić information content (AvgIpc) is 3.14. The Balaban J connectivity index is 2.88. The Labute approximate surface area is 167 Å². The van der Waals surface area contributed by atoms with E-state index >= 15 is 0 Å². The largest absolute Gasteiger partial charge is 0.480 e. The third-order valence-electron chi connectivity index (χ3n) is 5.22. The Morgan fingerprint density at radius 1 is 1.21 bits per heavy atom. The van der Waals surface area contributed by atoms with Crippen LogP contribution >= 0.6 is 0 Å². The number of ether oxygens (including phenoxy) is 1.